The monoisotopic (exact) mass is 265 g/mol. The molecular formula is C15H14F3N. The average molecular weight is 265 g/mol. The summed E-state index contributed by atoms with van der Waals surface area (Å²) in [5.74, 6) is -1.60. The summed E-state index contributed by atoms with van der Waals surface area (Å²) in [5, 5.41) is 3.02. The van der Waals surface area contributed by atoms with Gasteiger partial charge < -0.3 is 5.32 Å². The van der Waals surface area contributed by atoms with Crippen LogP contribution in [0.3, 0.4) is 0 Å². The van der Waals surface area contributed by atoms with E-state index >= 15 is 0 Å². The summed E-state index contributed by atoms with van der Waals surface area (Å²) in [6.45, 7) is 3.54. The number of anilines is 1. The number of halogens is 3. The first-order valence-corrected chi connectivity index (χ1v) is 5.94. The van der Waals surface area contributed by atoms with Crippen molar-refractivity contribution in [3.63, 3.8) is 0 Å². The standard InChI is InChI=1S/C15H14F3N/c1-9-3-12(16)8-15(4-9)19-10(2)11-5-13(17)7-14(18)6-11/h3-8,10,19H,1-2H3. The summed E-state index contributed by atoms with van der Waals surface area (Å²) in [6.07, 6.45) is 0. The molecule has 0 bridgehead atoms. The third-order valence-electron chi connectivity index (χ3n) is 2.81. The number of aryl methyl sites for hydroxylation is 1. The lowest BCUT2D eigenvalue weighted by Crippen LogP contribution is -2.07. The van der Waals surface area contributed by atoms with Gasteiger partial charge in [-0.15, -0.1) is 0 Å². The Kier molecular flexibility index (Phi) is 3.79. The fraction of sp³-hybridized carbons (Fsp3) is 0.200. The van der Waals surface area contributed by atoms with Crippen LogP contribution >= 0.6 is 0 Å². The molecule has 0 aliphatic rings. The summed E-state index contributed by atoms with van der Waals surface area (Å²) >= 11 is 0. The molecule has 1 unspecified atom stereocenters. The Balaban J connectivity index is 2.22. The number of hydrogen-bond acceptors (Lipinski definition) is 1. The minimum atomic E-state index is -0.626. The first-order valence-electron chi connectivity index (χ1n) is 5.94. The van der Waals surface area contributed by atoms with Gasteiger partial charge in [0.05, 0.1) is 0 Å². The zero-order chi connectivity index (χ0) is 14.0. The van der Waals surface area contributed by atoms with Gasteiger partial charge in [0, 0.05) is 17.8 Å². The highest BCUT2D eigenvalue weighted by molar-refractivity contribution is 5.48. The van der Waals surface area contributed by atoms with E-state index in [4.69, 9.17) is 0 Å². The van der Waals surface area contributed by atoms with Crippen molar-refractivity contribution in [1.82, 2.24) is 0 Å². The minimum absolute atomic E-state index is 0.327. The predicted octanol–water partition coefficient (Wildman–Crippen LogP) is 4.59. The van der Waals surface area contributed by atoms with Gasteiger partial charge in [0.15, 0.2) is 0 Å². The molecule has 0 amide bonds. The van der Waals surface area contributed by atoms with Gasteiger partial charge in [-0.05, 0) is 55.3 Å². The summed E-state index contributed by atoms with van der Waals surface area (Å²) in [6, 6.07) is 7.54. The molecule has 2 aromatic rings. The van der Waals surface area contributed by atoms with Crippen molar-refractivity contribution in [3.05, 3.63) is 65.0 Å². The maximum Gasteiger partial charge on any atom is 0.126 e. The molecule has 0 heterocycles. The third-order valence-corrected chi connectivity index (χ3v) is 2.81. The van der Waals surface area contributed by atoms with E-state index in [1.165, 1.54) is 24.3 Å². The van der Waals surface area contributed by atoms with Gasteiger partial charge in [-0.25, -0.2) is 13.2 Å². The molecule has 0 spiro atoms. The van der Waals surface area contributed by atoms with Crippen molar-refractivity contribution in [2.75, 3.05) is 5.32 Å². The van der Waals surface area contributed by atoms with Crippen LogP contribution in [-0.2, 0) is 0 Å². The molecule has 0 aliphatic carbocycles. The van der Waals surface area contributed by atoms with Crippen molar-refractivity contribution in [2.24, 2.45) is 0 Å². The highest BCUT2D eigenvalue weighted by Gasteiger charge is 2.09. The van der Waals surface area contributed by atoms with Gasteiger partial charge >= 0.3 is 0 Å². The van der Waals surface area contributed by atoms with Gasteiger partial charge in [0.1, 0.15) is 17.5 Å². The Morgan fingerprint density at radius 2 is 1.42 bits per heavy atom. The minimum Gasteiger partial charge on any atom is -0.378 e. The Bertz CT molecular complexity index is 555. The number of nitrogens with one attached hydrogen (secondary N) is 1. The Morgan fingerprint density at radius 1 is 0.842 bits per heavy atom. The SMILES string of the molecule is Cc1cc(F)cc(NC(C)c2cc(F)cc(F)c2)c1. The van der Waals surface area contributed by atoms with E-state index in [1.807, 2.05) is 0 Å². The van der Waals surface area contributed by atoms with Crippen LogP contribution in [0.2, 0.25) is 0 Å². The molecule has 4 heteroatoms. The molecule has 2 aromatic carbocycles. The average Bonchev–Trinajstić information content (AvgIpc) is 2.25. The largest absolute Gasteiger partial charge is 0.378 e. The van der Waals surface area contributed by atoms with Crippen LogP contribution in [0.1, 0.15) is 24.1 Å². The Morgan fingerprint density at radius 3 is 2.00 bits per heavy atom. The van der Waals surface area contributed by atoms with Crippen LogP contribution in [0.5, 0.6) is 0 Å². The second kappa shape index (κ2) is 5.34. The normalized spacial score (nSPS) is 12.3. The molecule has 19 heavy (non-hydrogen) atoms. The van der Waals surface area contributed by atoms with E-state index in [9.17, 15) is 13.2 Å². The van der Waals surface area contributed by atoms with Crippen LogP contribution in [0.15, 0.2) is 36.4 Å². The summed E-state index contributed by atoms with van der Waals surface area (Å²) in [4.78, 5) is 0. The maximum atomic E-state index is 13.2. The van der Waals surface area contributed by atoms with Gasteiger partial charge in [-0.1, -0.05) is 0 Å². The van der Waals surface area contributed by atoms with Crippen molar-refractivity contribution in [1.29, 1.82) is 0 Å². The second-order valence-electron chi connectivity index (χ2n) is 4.59. The Labute approximate surface area is 110 Å². The van der Waals surface area contributed by atoms with Crippen LogP contribution in [0, 0.1) is 24.4 Å². The van der Waals surface area contributed by atoms with E-state index in [-0.39, 0.29) is 11.9 Å². The first-order chi connectivity index (χ1) is 8.94. The lowest BCUT2D eigenvalue weighted by Gasteiger charge is -2.16. The quantitative estimate of drug-likeness (QED) is 0.856. The molecule has 1 atom stereocenters. The molecule has 0 aliphatic heterocycles. The molecular weight excluding hydrogens is 251 g/mol. The van der Waals surface area contributed by atoms with Gasteiger partial charge in [-0.2, -0.15) is 0 Å². The van der Waals surface area contributed by atoms with Crippen molar-refractivity contribution < 1.29 is 13.2 Å². The molecule has 1 N–H and O–H groups in total. The van der Waals surface area contributed by atoms with E-state index in [0.717, 1.165) is 11.6 Å². The zero-order valence-corrected chi connectivity index (χ0v) is 10.7. The molecule has 0 aromatic heterocycles. The van der Waals surface area contributed by atoms with E-state index < -0.39 is 11.6 Å². The van der Waals surface area contributed by atoms with Gasteiger partial charge in [0.2, 0.25) is 0 Å². The van der Waals surface area contributed by atoms with Crippen molar-refractivity contribution >= 4 is 5.69 Å². The van der Waals surface area contributed by atoms with Gasteiger partial charge in [-0.3, -0.25) is 0 Å². The molecule has 0 saturated heterocycles. The fourth-order valence-corrected chi connectivity index (χ4v) is 1.98. The molecule has 0 fully saturated rings. The van der Waals surface area contributed by atoms with Crippen molar-refractivity contribution in [3.8, 4) is 0 Å². The molecule has 100 valence electrons. The molecule has 1 nitrogen and oxygen atoms in total. The van der Waals surface area contributed by atoms with Crippen LogP contribution in [0.25, 0.3) is 0 Å². The Hall–Kier alpha value is -1.97. The second-order valence-corrected chi connectivity index (χ2v) is 4.59. The maximum absolute atomic E-state index is 13.2. The molecule has 0 saturated carbocycles. The lowest BCUT2D eigenvalue weighted by atomic mass is 10.1. The number of rotatable bonds is 3. The highest BCUT2D eigenvalue weighted by Crippen LogP contribution is 2.22. The summed E-state index contributed by atoms with van der Waals surface area (Å²) in [7, 11) is 0. The van der Waals surface area contributed by atoms with E-state index in [1.54, 1.807) is 19.9 Å². The topological polar surface area (TPSA) is 12.0 Å². The smallest absolute Gasteiger partial charge is 0.126 e. The lowest BCUT2D eigenvalue weighted by molar-refractivity contribution is 0.577. The van der Waals surface area contributed by atoms with Crippen LogP contribution in [-0.4, -0.2) is 0 Å². The van der Waals surface area contributed by atoms with Crippen LogP contribution in [0.4, 0.5) is 18.9 Å². The fourth-order valence-electron chi connectivity index (χ4n) is 1.98. The molecule has 2 rings (SSSR count). The summed E-state index contributed by atoms with van der Waals surface area (Å²) < 4.78 is 39.5. The number of benzene rings is 2. The number of hydrogen-bond donors (Lipinski definition) is 1. The third kappa shape index (κ3) is 3.50. The van der Waals surface area contributed by atoms with E-state index in [2.05, 4.69) is 5.32 Å². The van der Waals surface area contributed by atoms with Crippen molar-refractivity contribution in [2.45, 2.75) is 19.9 Å². The highest BCUT2D eigenvalue weighted by atomic mass is 19.1. The molecule has 0 radical (unpaired) electrons. The zero-order valence-electron chi connectivity index (χ0n) is 10.7. The van der Waals surface area contributed by atoms with Gasteiger partial charge in [0.25, 0.3) is 0 Å². The predicted molar refractivity (Wildman–Crippen MR) is 69.5 cm³/mol. The van der Waals surface area contributed by atoms with Crippen LogP contribution < -0.4 is 5.32 Å². The van der Waals surface area contributed by atoms with E-state index in [0.29, 0.717) is 11.3 Å². The first kappa shape index (κ1) is 13.5. The summed E-state index contributed by atoms with van der Waals surface area (Å²) in [5.41, 5.74) is 1.83.